The van der Waals surface area contributed by atoms with E-state index in [1.807, 2.05) is 82.4 Å². The first-order chi connectivity index (χ1) is 18.7. The standard InChI is InChI=1S/C31H42N4O4/c1-31(2,3)39-30(37)35(21-23-13-7-5-8-14-23)27(29(36)33-38-22-24-15-9-6-10-16-24)19-20-28-32-25-17-11-12-18-26(25)34(28)4/h6,9-12,15-18,23,27H,5,7-8,13-14,19-22H2,1-4H3,(H,33,36). The predicted molar refractivity (Wildman–Crippen MR) is 152 cm³/mol. The zero-order chi connectivity index (χ0) is 27.8. The molecule has 4 rings (SSSR count). The summed E-state index contributed by atoms with van der Waals surface area (Å²) in [6.07, 6.45) is 6.03. The Kier molecular flexibility index (Phi) is 9.62. The highest BCUT2D eigenvalue weighted by Gasteiger charge is 2.35. The molecule has 210 valence electrons. The fourth-order valence-electron chi connectivity index (χ4n) is 5.24. The van der Waals surface area contributed by atoms with Crippen molar-refractivity contribution < 1.29 is 19.2 Å². The van der Waals surface area contributed by atoms with Gasteiger partial charge in [0.2, 0.25) is 0 Å². The van der Waals surface area contributed by atoms with Gasteiger partial charge in [-0.25, -0.2) is 15.3 Å². The van der Waals surface area contributed by atoms with E-state index in [1.165, 1.54) is 6.42 Å². The molecule has 2 amide bonds. The van der Waals surface area contributed by atoms with Crippen molar-refractivity contribution in [1.29, 1.82) is 0 Å². The number of carbonyl (C=O) groups excluding carboxylic acids is 2. The first kappa shape index (κ1) is 28.6. The molecular formula is C31H42N4O4. The number of carbonyl (C=O) groups is 2. The topological polar surface area (TPSA) is 85.7 Å². The largest absolute Gasteiger partial charge is 0.444 e. The molecule has 0 radical (unpaired) electrons. The molecule has 2 aromatic carbocycles. The molecule has 8 heteroatoms. The quantitative estimate of drug-likeness (QED) is 0.325. The summed E-state index contributed by atoms with van der Waals surface area (Å²) >= 11 is 0. The molecule has 1 atom stereocenters. The van der Waals surface area contributed by atoms with Gasteiger partial charge in [-0.2, -0.15) is 0 Å². The van der Waals surface area contributed by atoms with Crippen molar-refractivity contribution in [1.82, 2.24) is 19.9 Å². The minimum atomic E-state index is -0.766. The lowest BCUT2D eigenvalue weighted by atomic mass is 9.88. The van der Waals surface area contributed by atoms with E-state index in [2.05, 4.69) is 10.0 Å². The third-order valence-corrected chi connectivity index (χ3v) is 7.26. The van der Waals surface area contributed by atoms with Crippen molar-refractivity contribution >= 4 is 23.0 Å². The maximum Gasteiger partial charge on any atom is 0.410 e. The molecular weight excluding hydrogens is 492 g/mol. The first-order valence-electron chi connectivity index (χ1n) is 14.1. The summed E-state index contributed by atoms with van der Waals surface area (Å²) < 4.78 is 7.87. The Morgan fingerprint density at radius 2 is 1.74 bits per heavy atom. The van der Waals surface area contributed by atoms with E-state index in [0.29, 0.717) is 25.3 Å². The summed E-state index contributed by atoms with van der Waals surface area (Å²) in [6, 6.07) is 16.9. The second-order valence-corrected chi connectivity index (χ2v) is 11.5. The smallest absolute Gasteiger partial charge is 0.410 e. The van der Waals surface area contributed by atoms with Gasteiger partial charge in [-0.3, -0.25) is 14.5 Å². The minimum Gasteiger partial charge on any atom is -0.444 e. The number of aryl methyl sites for hydroxylation is 2. The Morgan fingerprint density at radius 3 is 2.44 bits per heavy atom. The third kappa shape index (κ3) is 8.05. The van der Waals surface area contributed by atoms with Crippen LogP contribution in [0.5, 0.6) is 0 Å². The van der Waals surface area contributed by atoms with Gasteiger partial charge >= 0.3 is 6.09 Å². The van der Waals surface area contributed by atoms with Gasteiger partial charge in [0.25, 0.3) is 5.91 Å². The molecule has 1 heterocycles. The van der Waals surface area contributed by atoms with Crippen LogP contribution in [0.15, 0.2) is 54.6 Å². The summed E-state index contributed by atoms with van der Waals surface area (Å²) in [5.41, 5.74) is 4.84. The lowest BCUT2D eigenvalue weighted by Crippen LogP contribution is -2.52. The second kappa shape index (κ2) is 13.1. The van der Waals surface area contributed by atoms with Crippen LogP contribution in [0.2, 0.25) is 0 Å². The molecule has 1 aliphatic carbocycles. The van der Waals surface area contributed by atoms with Crippen LogP contribution in [0.25, 0.3) is 11.0 Å². The van der Waals surface area contributed by atoms with Crippen molar-refractivity contribution in [3.8, 4) is 0 Å². The summed E-state index contributed by atoms with van der Waals surface area (Å²) in [7, 11) is 1.98. The van der Waals surface area contributed by atoms with Crippen molar-refractivity contribution in [2.45, 2.75) is 84.0 Å². The van der Waals surface area contributed by atoms with Gasteiger partial charge in [-0.15, -0.1) is 0 Å². The van der Waals surface area contributed by atoms with Crippen molar-refractivity contribution in [2.75, 3.05) is 6.54 Å². The summed E-state index contributed by atoms with van der Waals surface area (Å²) in [5.74, 6) is 0.843. The number of fused-ring (bicyclic) bond motifs is 1. The molecule has 0 saturated heterocycles. The predicted octanol–water partition coefficient (Wildman–Crippen LogP) is 5.94. The number of aromatic nitrogens is 2. The highest BCUT2D eigenvalue weighted by atomic mass is 16.7. The Bertz CT molecular complexity index is 1230. The molecule has 1 aliphatic rings. The van der Waals surface area contributed by atoms with Crippen molar-refractivity contribution in [3.63, 3.8) is 0 Å². The summed E-state index contributed by atoms with van der Waals surface area (Å²) in [6.45, 7) is 6.26. The van der Waals surface area contributed by atoms with Gasteiger partial charge in [-0.1, -0.05) is 61.7 Å². The highest BCUT2D eigenvalue weighted by Crippen LogP contribution is 2.27. The maximum atomic E-state index is 13.7. The van der Waals surface area contributed by atoms with E-state index in [-0.39, 0.29) is 12.5 Å². The van der Waals surface area contributed by atoms with Crippen LogP contribution in [0, 0.1) is 5.92 Å². The van der Waals surface area contributed by atoms with Gasteiger partial charge in [0, 0.05) is 20.0 Å². The van der Waals surface area contributed by atoms with Crippen LogP contribution in [0.1, 0.15) is 70.7 Å². The highest BCUT2D eigenvalue weighted by molar-refractivity contribution is 5.85. The van der Waals surface area contributed by atoms with E-state index in [1.54, 1.807) is 4.90 Å². The molecule has 1 fully saturated rings. The van der Waals surface area contributed by atoms with Crippen LogP contribution in [0.3, 0.4) is 0 Å². The van der Waals surface area contributed by atoms with Gasteiger partial charge < -0.3 is 9.30 Å². The van der Waals surface area contributed by atoms with E-state index in [4.69, 9.17) is 14.6 Å². The zero-order valence-corrected chi connectivity index (χ0v) is 23.7. The van der Waals surface area contributed by atoms with Crippen LogP contribution in [-0.2, 0) is 34.4 Å². The number of nitrogens with zero attached hydrogens (tertiary/aromatic N) is 3. The monoisotopic (exact) mass is 534 g/mol. The van der Waals surface area contributed by atoms with Crippen LogP contribution in [0.4, 0.5) is 4.79 Å². The molecule has 39 heavy (non-hydrogen) atoms. The number of para-hydroxylation sites is 2. The van der Waals surface area contributed by atoms with E-state index in [9.17, 15) is 9.59 Å². The van der Waals surface area contributed by atoms with E-state index in [0.717, 1.165) is 48.1 Å². The lowest BCUT2D eigenvalue weighted by Gasteiger charge is -2.36. The Balaban J connectivity index is 1.56. The van der Waals surface area contributed by atoms with Crippen LogP contribution < -0.4 is 5.48 Å². The molecule has 1 aromatic heterocycles. The molecule has 1 saturated carbocycles. The Hall–Kier alpha value is -3.39. The molecule has 3 aromatic rings. The number of nitrogens with one attached hydrogen (secondary N) is 1. The number of amides is 2. The summed E-state index contributed by atoms with van der Waals surface area (Å²) in [4.78, 5) is 39.2. The van der Waals surface area contributed by atoms with Gasteiger partial charge in [0.15, 0.2) is 0 Å². The zero-order valence-electron chi connectivity index (χ0n) is 23.7. The van der Waals surface area contributed by atoms with E-state index < -0.39 is 17.7 Å². The lowest BCUT2D eigenvalue weighted by molar-refractivity contribution is -0.140. The Morgan fingerprint density at radius 1 is 1.05 bits per heavy atom. The molecule has 0 bridgehead atoms. The van der Waals surface area contributed by atoms with Crippen LogP contribution >= 0.6 is 0 Å². The number of imidazole rings is 1. The minimum absolute atomic E-state index is 0.235. The molecule has 8 nitrogen and oxygen atoms in total. The first-order valence-corrected chi connectivity index (χ1v) is 14.1. The van der Waals surface area contributed by atoms with Gasteiger partial charge in [-0.05, 0) is 63.6 Å². The molecule has 0 aliphatic heterocycles. The molecule has 1 N–H and O–H groups in total. The van der Waals surface area contributed by atoms with Crippen molar-refractivity contribution in [2.24, 2.45) is 13.0 Å². The number of ether oxygens (including phenoxy) is 1. The third-order valence-electron chi connectivity index (χ3n) is 7.26. The number of benzene rings is 2. The van der Waals surface area contributed by atoms with Gasteiger partial charge in [0.05, 0.1) is 17.6 Å². The van der Waals surface area contributed by atoms with E-state index >= 15 is 0 Å². The molecule has 0 spiro atoms. The number of hydroxylamine groups is 1. The summed E-state index contributed by atoms with van der Waals surface area (Å²) in [5, 5.41) is 0. The molecule has 1 unspecified atom stereocenters. The van der Waals surface area contributed by atoms with Crippen LogP contribution in [-0.4, -0.2) is 44.6 Å². The second-order valence-electron chi connectivity index (χ2n) is 11.5. The number of rotatable bonds is 10. The average molecular weight is 535 g/mol. The maximum absolute atomic E-state index is 13.7. The number of hydrogen-bond donors (Lipinski definition) is 1. The Labute approximate surface area is 231 Å². The van der Waals surface area contributed by atoms with Crippen molar-refractivity contribution in [3.05, 3.63) is 66.0 Å². The average Bonchev–Trinajstić information content (AvgIpc) is 3.23. The fourth-order valence-corrected chi connectivity index (χ4v) is 5.24. The number of hydrogen-bond acceptors (Lipinski definition) is 5. The normalized spacial score (nSPS) is 15.2. The fraction of sp³-hybridized carbons (Fsp3) is 0.516. The van der Waals surface area contributed by atoms with Gasteiger partial charge in [0.1, 0.15) is 17.5 Å². The SMILES string of the molecule is Cn1c(CCC(C(=O)NOCc2ccccc2)N(CC2CCCCC2)C(=O)OC(C)(C)C)nc2ccccc21.